The van der Waals surface area contributed by atoms with Crippen molar-refractivity contribution < 1.29 is 33.6 Å². The Labute approximate surface area is 132 Å². The van der Waals surface area contributed by atoms with Crippen molar-refractivity contribution >= 4 is 0 Å². The Morgan fingerprint density at radius 3 is 1.50 bits per heavy atom. The highest BCUT2D eigenvalue weighted by molar-refractivity contribution is 4.49. The fourth-order valence-electron chi connectivity index (χ4n) is 2.57. The number of rotatable bonds is 12. The van der Waals surface area contributed by atoms with Gasteiger partial charge in [0.05, 0.1) is 26.2 Å². The Bertz CT molecular complexity index is 157. The first-order valence-corrected chi connectivity index (χ1v) is 7.70. The zero-order valence-electron chi connectivity index (χ0n) is 12.8. The Hall–Kier alpha value is 0.650. The third-order valence-corrected chi connectivity index (χ3v) is 3.78. The highest BCUT2D eigenvalue weighted by Gasteiger charge is 2.24. The van der Waals surface area contributed by atoms with E-state index in [4.69, 9.17) is 0 Å². The minimum atomic E-state index is 0. The molecule has 0 spiro atoms. The summed E-state index contributed by atoms with van der Waals surface area (Å²) in [4.78, 5) is 0. The van der Waals surface area contributed by atoms with Crippen LogP contribution in [0.1, 0.15) is 65.7 Å². The summed E-state index contributed by atoms with van der Waals surface area (Å²) in [5, 5.41) is 9.34. The summed E-state index contributed by atoms with van der Waals surface area (Å²) in [6.07, 6.45) is 9.09. The lowest BCUT2D eigenvalue weighted by Gasteiger charge is -2.38. The second kappa shape index (κ2) is 14.1. The number of hydrogen-bond donors (Lipinski definition) is 1. The number of aliphatic hydroxyl groups is 1. The van der Waals surface area contributed by atoms with Crippen LogP contribution in [0.25, 0.3) is 0 Å². The molecule has 0 aliphatic carbocycles. The summed E-state index contributed by atoms with van der Waals surface area (Å²) in [5.74, 6) is 0. The maximum absolute atomic E-state index is 9.34. The van der Waals surface area contributed by atoms with Gasteiger partial charge in [0.2, 0.25) is 0 Å². The average Bonchev–Trinajstić information content (AvgIpc) is 2.34. The predicted octanol–water partition coefficient (Wildman–Crippen LogP) is 0.590. The SMILES string of the molecule is CCCCC[N+](CCO)(CCCC)CCCC.[I-]. The van der Waals surface area contributed by atoms with Crippen molar-refractivity contribution in [2.24, 2.45) is 0 Å². The van der Waals surface area contributed by atoms with Crippen LogP contribution in [0.15, 0.2) is 0 Å². The van der Waals surface area contributed by atoms with E-state index in [9.17, 15) is 5.11 Å². The number of nitrogens with zero attached hydrogens (tertiary/aromatic N) is 1. The number of quaternary nitrogens is 1. The first-order valence-electron chi connectivity index (χ1n) is 7.70. The van der Waals surface area contributed by atoms with Crippen molar-refractivity contribution in [1.82, 2.24) is 0 Å². The van der Waals surface area contributed by atoms with Gasteiger partial charge in [-0.05, 0) is 25.7 Å². The summed E-state index contributed by atoms with van der Waals surface area (Å²) in [6.45, 7) is 11.9. The summed E-state index contributed by atoms with van der Waals surface area (Å²) in [7, 11) is 0. The van der Waals surface area contributed by atoms with Crippen molar-refractivity contribution in [2.75, 3.05) is 32.8 Å². The Kier molecular flexibility index (Phi) is 16.4. The smallest absolute Gasteiger partial charge is 0.102 e. The van der Waals surface area contributed by atoms with Gasteiger partial charge in [0.15, 0.2) is 0 Å². The molecular formula is C15H34INO. The lowest BCUT2D eigenvalue weighted by molar-refractivity contribution is -0.929. The van der Waals surface area contributed by atoms with Gasteiger partial charge in [0.25, 0.3) is 0 Å². The molecule has 18 heavy (non-hydrogen) atoms. The molecule has 3 heteroatoms. The molecule has 0 aromatic carbocycles. The summed E-state index contributed by atoms with van der Waals surface area (Å²) < 4.78 is 1.16. The van der Waals surface area contributed by atoms with Crippen molar-refractivity contribution in [2.45, 2.75) is 65.7 Å². The van der Waals surface area contributed by atoms with E-state index in [-0.39, 0.29) is 24.0 Å². The Balaban J connectivity index is 0. The van der Waals surface area contributed by atoms with Crippen LogP contribution < -0.4 is 24.0 Å². The molecule has 0 radical (unpaired) electrons. The maximum Gasteiger partial charge on any atom is 0.102 e. The molecule has 0 fully saturated rings. The molecule has 0 rings (SSSR count). The van der Waals surface area contributed by atoms with E-state index in [1.165, 1.54) is 64.6 Å². The first-order chi connectivity index (χ1) is 8.24. The van der Waals surface area contributed by atoms with Crippen LogP contribution >= 0.6 is 0 Å². The quantitative estimate of drug-likeness (QED) is 0.303. The number of hydrogen-bond acceptors (Lipinski definition) is 1. The fraction of sp³-hybridized carbons (Fsp3) is 1.00. The molecular weight excluding hydrogens is 337 g/mol. The molecule has 2 nitrogen and oxygen atoms in total. The molecule has 0 aliphatic heterocycles. The fourth-order valence-corrected chi connectivity index (χ4v) is 2.57. The van der Waals surface area contributed by atoms with Gasteiger partial charge in [-0.2, -0.15) is 0 Å². The number of halogens is 1. The van der Waals surface area contributed by atoms with Gasteiger partial charge >= 0.3 is 0 Å². The van der Waals surface area contributed by atoms with Crippen molar-refractivity contribution in [3.8, 4) is 0 Å². The zero-order chi connectivity index (χ0) is 13.0. The summed E-state index contributed by atoms with van der Waals surface area (Å²) in [5.41, 5.74) is 0. The third kappa shape index (κ3) is 9.56. The minimum absolute atomic E-state index is 0. The first kappa shape index (κ1) is 21.0. The molecule has 0 aliphatic rings. The second-order valence-corrected chi connectivity index (χ2v) is 5.37. The molecule has 0 aromatic rings. The molecule has 0 unspecified atom stereocenters. The van der Waals surface area contributed by atoms with Crippen molar-refractivity contribution in [3.63, 3.8) is 0 Å². The van der Waals surface area contributed by atoms with E-state index in [2.05, 4.69) is 20.8 Å². The van der Waals surface area contributed by atoms with Crippen LogP contribution in [0.5, 0.6) is 0 Å². The van der Waals surface area contributed by atoms with Crippen LogP contribution in [-0.4, -0.2) is 42.4 Å². The van der Waals surface area contributed by atoms with E-state index >= 15 is 0 Å². The molecule has 0 saturated carbocycles. The van der Waals surface area contributed by atoms with Gasteiger partial charge in [0.1, 0.15) is 6.54 Å². The standard InChI is InChI=1S/C15H34NO.HI/c1-4-7-10-13-16(14-15-17,11-8-5-2)12-9-6-3;/h17H,4-15H2,1-3H3;1H/q+1;/p-1. The van der Waals surface area contributed by atoms with E-state index < -0.39 is 0 Å². The highest BCUT2D eigenvalue weighted by Crippen LogP contribution is 2.14. The van der Waals surface area contributed by atoms with Gasteiger partial charge in [-0.25, -0.2) is 0 Å². The predicted molar refractivity (Wildman–Crippen MR) is 76.2 cm³/mol. The summed E-state index contributed by atoms with van der Waals surface area (Å²) in [6, 6.07) is 0. The third-order valence-electron chi connectivity index (χ3n) is 3.78. The minimum Gasteiger partial charge on any atom is -1.00 e. The van der Waals surface area contributed by atoms with Crippen LogP contribution in [0.2, 0.25) is 0 Å². The Morgan fingerprint density at radius 2 is 1.11 bits per heavy atom. The molecule has 0 atom stereocenters. The van der Waals surface area contributed by atoms with E-state index in [0.29, 0.717) is 6.61 Å². The zero-order valence-corrected chi connectivity index (χ0v) is 14.9. The number of unbranched alkanes of at least 4 members (excludes halogenated alkanes) is 4. The molecule has 0 aromatic heterocycles. The molecule has 0 bridgehead atoms. The highest BCUT2D eigenvalue weighted by atomic mass is 127. The topological polar surface area (TPSA) is 20.2 Å². The van der Waals surface area contributed by atoms with Crippen LogP contribution in [0, 0.1) is 0 Å². The normalized spacial score (nSPS) is 11.3. The van der Waals surface area contributed by atoms with Crippen LogP contribution in [0.4, 0.5) is 0 Å². The maximum atomic E-state index is 9.34. The Morgan fingerprint density at radius 1 is 0.667 bits per heavy atom. The van der Waals surface area contributed by atoms with Gasteiger partial charge in [-0.1, -0.05) is 40.0 Å². The van der Waals surface area contributed by atoms with E-state index in [1.54, 1.807) is 0 Å². The van der Waals surface area contributed by atoms with Crippen molar-refractivity contribution in [1.29, 1.82) is 0 Å². The monoisotopic (exact) mass is 371 g/mol. The van der Waals surface area contributed by atoms with Crippen LogP contribution in [-0.2, 0) is 0 Å². The molecule has 0 saturated heterocycles. The summed E-state index contributed by atoms with van der Waals surface area (Å²) >= 11 is 0. The van der Waals surface area contributed by atoms with Gasteiger partial charge in [0, 0.05) is 0 Å². The molecule has 112 valence electrons. The molecule has 0 heterocycles. The van der Waals surface area contributed by atoms with Gasteiger partial charge in [-0.3, -0.25) is 0 Å². The van der Waals surface area contributed by atoms with E-state index in [1.807, 2.05) is 0 Å². The number of aliphatic hydroxyl groups excluding tert-OH is 1. The largest absolute Gasteiger partial charge is 1.00 e. The molecule has 1 N–H and O–H groups in total. The van der Waals surface area contributed by atoms with Gasteiger partial charge in [-0.15, -0.1) is 0 Å². The van der Waals surface area contributed by atoms with E-state index in [0.717, 1.165) is 11.0 Å². The van der Waals surface area contributed by atoms with Crippen LogP contribution in [0.3, 0.4) is 0 Å². The van der Waals surface area contributed by atoms with Gasteiger partial charge < -0.3 is 33.6 Å². The van der Waals surface area contributed by atoms with Crippen molar-refractivity contribution in [3.05, 3.63) is 0 Å². The average molecular weight is 371 g/mol. The molecule has 0 amide bonds. The second-order valence-electron chi connectivity index (χ2n) is 5.37. The lowest BCUT2D eigenvalue weighted by Crippen LogP contribution is -3.00. The lowest BCUT2D eigenvalue weighted by atomic mass is 10.1.